The number of nitrogens with zero attached hydrogens (tertiary/aromatic N) is 5. The minimum Gasteiger partial charge on any atom is -0.493 e. The van der Waals surface area contributed by atoms with Crippen molar-refractivity contribution in [1.29, 1.82) is 0 Å². The number of rotatable bonds is 4. The molecule has 9 heteroatoms. The molecule has 0 fully saturated rings. The number of amides is 1. The van der Waals surface area contributed by atoms with E-state index in [9.17, 15) is 4.79 Å². The van der Waals surface area contributed by atoms with Crippen molar-refractivity contribution in [3.8, 4) is 23.0 Å². The van der Waals surface area contributed by atoms with Crippen LogP contribution >= 0.6 is 0 Å². The molecule has 1 amide bonds. The molecule has 1 aromatic carbocycles. The fourth-order valence-corrected chi connectivity index (χ4v) is 3.02. The summed E-state index contributed by atoms with van der Waals surface area (Å²) in [7, 11) is 3.19. The van der Waals surface area contributed by atoms with Crippen LogP contribution in [0.25, 0.3) is 11.5 Å². The molecule has 0 spiro atoms. The molecule has 1 aliphatic heterocycles. The number of benzene rings is 1. The first-order valence-corrected chi connectivity index (χ1v) is 8.32. The maximum atomic E-state index is 12.8. The molecule has 9 nitrogen and oxygen atoms in total. The van der Waals surface area contributed by atoms with Crippen molar-refractivity contribution in [2.45, 2.75) is 13.0 Å². The molecule has 0 aliphatic carbocycles. The molecule has 0 N–H and O–H groups in total. The number of hydrogen-bond donors (Lipinski definition) is 0. The van der Waals surface area contributed by atoms with Crippen LogP contribution in [0.5, 0.6) is 11.5 Å². The second-order valence-corrected chi connectivity index (χ2v) is 5.97. The van der Waals surface area contributed by atoms with Crippen LogP contribution in [0.1, 0.15) is 21.8 Å². The first-order chi connectivity index (χ1) is 13.2. The van der Waals surface area contributed by atoms with Gasteiger partial charge in [0, 0.05) is 25.5 Å². The lowest BCUT2D eigenvalue weighted by Crippen LogP contribution is -2.36. The van der Waals surface area contributed by atoms with Crippen molar-refractivity contribution >= 4 is 5.91 Å². The molecule has 0 atom stereocenters. The van der Waals surface area contributed by atoms with E-state index in [1.807, 2.05) is 12.1 Å². The van der Waals surface area contributed by atoms with Gasteiger partial charge in [0.25, 0.3) is 0 Å². The molecular weight excluding hydrogens is 350 g/mol. The molecule has 4 rings (SSSR count). The van der Waals surface area contributed by atoms with Gasteiger partial charge in [-0.15, -0.1) is 0 Å². The fourth-order valence-electron chi connectivity index (χ4n) is 3.02. The van der Waals surface area contributed by atoms with E-state index in [4.69, 9.17) is 14.0 Å². The third-order valence-corrected chi connectivity index (χ3v) is 4.41. The molecule has 3 aromatic rings. The topological polar surface area (TPSA) is 103 Å². The molecule has 0 bridgehead atoms. The Hall–Kier alpha value is -3.49. The van der Waals surface area contributed by atoms with Crippen molar-refractivity contribution in [3.05, 3.63) is 47.7 Å². The molecular formula is C18H17N5O4. The Morgan fingerprint density at radius 3 is 2.63 bits per heavy atom. The smallest absolute Gasteiger partial charge is 0.316 e. The summed E-state index contributed by atoms with van der Waals surface area (Å²) in [5.41, 5.74) is 2.57. The number of ether oxygens (including phenoxy) is 2. The van der Waals surface area contributed by atoms with Crippen LogP contribution in [-0.2, 0) is 13.0 Å². The van der Waals surface area contributed by atoms with Crippen molar-refractivity contribution in [1.82, 2.24) is 25.0 Å². The summed E-state index contributed by atoms with van der Waals surface area (Å²) in [6.07, 6.45) is 5.28. The molecule has 1 aliphatic rings. The van der Waals surface area contributed by atoms with Gasteiger partial charge >= 0.3 is 11.8 Å². The molecule has 3 heterocycles. The fraction of sp³-hybridized carbons (Fsp3) is 0.278. The monoisotopic (exact) mass is 367 g/mol. The quantitative estimate of drug-likeness (QED) is 0.687. The predicted octanol–water partition coefficient (Wildman–Crippen LogP) is 1.74. The maximum absolute atomic E-state index is 12.8. The number of hydrogen-bond acceptors (Lipinski definition) is 8. The van der Waals surface area contributed by atoms with Crippen LogP contribution in [0, 0.1) is 0 Å². The Bertz CT molecular complexity index is 973. The van der Waals surface area contributed by atoms with Crippen LogP contribution < -0.4 is 9.47 Å². The van der Waals surface area contributed by atoms with E-state index in [0.29, 0.717) is 36.7 Å². The van der Waals surface area contributed by atoms with Crippen LogP contribution in [0.4, 0.5) is 0 Å². The third-order valence-electron chi connectivity index (χ3n) is 4.41. The Kier molecular flexibility index (Phi) is 4.41. The Morgan fingerprint density at radius 2 is 1.93 bits per heavy atom. The second kappa shape index (κ2) is 7.02. The Morgan fingerprint density at radius 1 is 1.15 bits per heavy atom. The van der Waals surface area contributed by atoms with Gasteiger partial charge in [-0.05, 0) is 29.7 Å². The van der Waals surface area contributed by atoms with Crippen molar-refractivity contribution in [2.24, 2.45) is 0 Å². The van der Waals surface area contributed by atoms with Gasteiger partial charge in [-0.3, -0.25) is 9.78 Å². The minimum absolute atomic E-state index is 0.0698. The van der Waals surface area contributed by atoms with E-state index < -0.39 is 0 Å². The average Bonchev–Trinajstić information content (AvgIpc) is 3.22. The van der Waals surface area contributed by atoms with Gasteiger partial charge < -0.3 is 18.9 Å². The van der Waals surface area contributed by atoms with Crippen LogP contribution in [0.2, 0.25) is 0 Å². The number of fused-ring (bicyclic) bond motifs is 1. The second-order valence-electron chi connectivity index (χ2n) is 5.97. The number of carbonyl (C=O) groups is 1. The minimum atomic E-state index is -0.321. The molecule has 0 saturated heterocycles. The van der Waals surface area contributed by atoms with Crippen LogP contribution in [0.15, 0.2) is 35.2 Å². The summed E-state index contributed by atoms with van der Waals surface area (Å²) >= 11 is 0. The summed E-state index contributed by atoms with van der Waals surface area (Å²) in [6.45, 7) is 0.974. The third kappa shape index (κ3) is 3.19. The van der Waals surface area contributed by atoms with Crippen molar-refractivity contribution < 1.29 is 18.8 Å². The number of carbonyl (C=O) groups excluding carboxylic acids is 1. The highest BCUT2D eigenvalue weighted by molar-refractivity contribution is 5.90. The highest BCUT2D eigenvalue weighted by Gasteiger charge is 2.27. The van der Waals surface area contributed by atoms with Gasteiger partial charge in [-0.2, -0.15) is 4.98 Å². The molecule has 0 saturated carbocycles. The van der Waals surface area contributed by atoms with E-state index in [1.54, 1.807) is 25.3 Å². The molecule has 2 aromatic heterocycles. The lowest BCUT2D eigenvalue weighted by Gasteiger charge is -2.28. The van der Waals surface area contributed by atoms with Crippen molar-refractivity contribution in [3.63, 3.8) is 0 Å². The van der Waals surface area contributed by atoms with Crippen LogP contribution in [-0.4, -0.2) is 51.7 Å². The largest absolute Gasteiger partial charge is 0.493 e. The van der Waals surface area contributed by atoms with E-state index in [-0.39, 0.29) is 17.6 Å². The summed E-state index contributed by atoms with van der Waals surface area (Å²) in [5, 5.41) is 3.82. The molecule has 0 unspecified atom stereocenters. The zero-order valence-electron chi connectivity index (χ0n) is 14.9. The van der Waals surface area contributed by atoms with Gasteiger partial charge in [0.1, 0.15) is 5.69 Å². The summed E-state index contributed by atoms with van der Waals surface area (Å²) < 4.78 is 15.8. The van der Waals surface area contributed by atoms with Gasteiger partial charge in [-0.25, -0.2) is 4.98 Å². The van der Waals surface area contributed by atoms with Crippen LogP contribution in [0.3, 0.4) is 0 Å². The molecule has 138 valence electrons. The van der Waals surface area contributed by atoms with E-state index >= 15 is 0 Å². The Labute approximate surface area is 155 Å². The number of aromatic nitrogens is 4. The highest BCUT2D eigenvalue weighted by Crippen LogP contribution is 2.33. The lowest BCUT2D eigenvalue weighted by molar-refractivity contribution is 0.0684. The van der Waals surface area contributed by atoms with E-state index in [1.165, 1.54) is 12.4 Å². The van der Waals surface area contributed by atoms with Crippen molar-refractivity contribution in [2.75, 3.05) is 20.8 Å². The average molecular weight is 367 g/mol. The summed E-state index contributed by atoms with van der Waals surface area (Å²) in [5.74, 6) is 1.16. The van der Waals surface area contributed by atoms with Gasteiger partial charge in [-0.1, -0.05) is 5.16 Å². The van der Waals surface area contributed by atoms with Gasteiger partial charge in [0.05, 0.1) is 20.4 Å². The molecule has 27 heavy (non-hydrogen) atoms. The first-order valence-electron chi connectivity index (χ1n) is 8.32. The SMILES string of the molecule is COc1cc2c(cc1OC)CN(C(=O)c1nc(-c3cnccn3)no1)CC2. The van der Waals surface area contributed by atoms with E-state index in [0.717, 1.165) is 11.1 Å². The molecule has 0 radical (unpaired) electrons. The normalized spacial score (nSPS) is 13.2. The van der Waals surface area contributed by atoms with E-state index in [2.05, 4.69) is 20.1 Å². The predicted molar refractivity (Wildman–Crippen MR) is 93.3 cm³/mol. The first kappa shape index (κ1) is 17.0. The highest BCUT2D eigenvalue weighted by atomic mass is 16.5. The van der Waals surface area contributed by atoms with Gasteiger partial charge in [0.15, 0.2) is 11.5 Å². The summed E-state index contributed by atoms with van der Waals surface area (Å²) in [4.78, 5) is 26.7. The standard InChI is InChI=1S/C18H17N5O4/c1-25-14-7-11-3-6-23(10-12(11)8-15(14)26-2)18(24)17-21-16(22-27-17)13-9-19-4-5-20-13/h4-5,7-9H,3,6,10H2,1-2H3. The Balaban J connectivity index is 1.55. The lowest BCUT2D eigenvalue weighted by atomic mass is 9.98. The maximum Gasteiger partial charge on any atom is 0.316 e. The zero-order valence-corrected chi connectivity index (χ0v) is 14.9. The zero-order chi connectivity index (χ0) is 18.8. The number of methoxy groups -OCH3 is 2. The van der Waals surface area contributed by atoms with Gasteiger partial charge in [0.2, 0.25) is 5.82 Å². The summed E-state index contributed by atoms with van der Waals surface area (Å²) in [6, 6.07) is 3.85.